The molecule has 1 atom stereocenters. The number of nitrogens with two attached hydrogens (primary N) is 1. The first-order valence-corrected chi connectivity index (χ1v) is 6.16. The van der Waals surface area contributed by atoms with Crippen LogP contribution in [0.4, 0.5) is 0 Å². The number of ether oxygens (including phenoxy) is 1. The van der Waals surface area contributed by atoms with Crippen molar-refractivity contribution >= 4 is 0 Å². The van der Waals surface area contributed by atoms with E-state index in [2.05, 4.69) is 10.1 Å². The van der Waals surface area contributed by atoms with Crippen LogP contribution in [0.1, 0.15) is 32.7 Å². The predicted octanol–water partition coefficient (Wildman–Crippen LogP) is 2.79. The van der Waals surface area contributed by atoms with Crippen LogP contribution >= 0.6 is 0 Å². The van der Waals surface area contributed by atoms with E-state index in [9.17, 15) is 0 Å². The van der Waals surface area contributed by atoms with E-state index >= 15 is 0 Å². The molecule has 0 fully saturated rings. The van der Waals surface area contributed by atoms with Crippen LogP contribution in [0.2, 0.25) is 0 Å². The molecule has 0 radical (unpaired) electrons. The molecule has 5 nitrogen and oxygen atoms in total. The maximum atomic E-state index is 6.11. The van der Waals surface area contributed by atoms with E-state index in [1.165, 1.54) is 0 Å². The second-order valence-electron chi connectivity index (χ2n) is 5.50. The van der Waals surface area contributed by atoms with E-state index in [4.69, 9.17) is 15.0 Å². The standard InChI is InChI=1S/C14H19N3O2/c1-14(2,3)11(15)13-16-12(17-19-13)9-7-5-6-8-10(9)18-4/h5-8,11H,15H2,1-4H3/t11-/m0/s1. The average Bonchev–Trinajstić information content (AvgIpc) is 2.86. The second kappa shape index (κ2) is 5.01. The Labute approximate surface area is 112 Å². The molecule has 1 aromatic carbocycles. The first-order valence-electron chi connectivity index (χ1n) is 6.16. The molecule has 0 saturated heterocycles. The van der Waals surface area contributed by atoms with Crippen LogP contribution in [0.5, 0.6) is 5.75 Å². The summed E-state index contributed by atoms with van der Waals surface area (Å²) in [5, 5.41) is 3.98. The zero-order valence-electron chi connectivity index (χ0n) is 11.7. The van der Waals surface area contributed by atoms with Crippen LogP contribution in [-0.4, -0.2) is 17.3 Å². The number of methoxy groups -OCH3 is 1. The highest BCUT2D eigenvalue weighted by atomic mass is 16.5. The molecule has 2 rings (SSSR count). The number of hydrogen-bond acceptors (Lipinski definition) is 5. The molecule has 0 amide bonds. The minimum Gasteiger partial charge on any atom is -0.496 e. The smallest absolute Gasteiger partial charge is 0.244 e. The molecule has 102 valence electrons. The van der Waals surface area contributed by atoms with Crippen molar-refractivity contribution in [3.05, 3.63) is 30.2 Å². The SMILES string of the molecule is COc1ccccc1-c1noc([C@H](N)C(C)(C)C)n1. The minimum atomic E-state index is -0.302. The Morgan fingerprint density at radius 2 is 1.95 bits per heavy atom. The molecular weight excluding hydrogens is 242 g/mol. The van der Waals surface area contributed by atoms with Crippen molar-refractivity contribution in [1.82, 2.24) is 10.1 Å². The quantitative estimate of drug-likeness (QED) is 0.919. The van der Waals surface area contributed by atoms with Crippen molar-refractivity contribution in [2.24, 2.45) is 11.1 Å². The van der Waals surface area contributed by atoms with E-state index in [0.717, 1.165) is 5.56 Å². The maximum absolute atomic E-state index is 6.11. The Balaban J connectivity index is 2.36. The van der Waals surface area contributed by atoms with Gasteiger partial charge in [-0.2, -0.15) is 4.98 Å². The molecular formula is C14H19N3O2. The van der Waals surface area contributed by atoms with Crippen LogP contribution in [0.25, 0.3) is 11.4 Å². The van der Waals surface area contributed by atoms with Crippen LogP contribution in [0, 0.1) is 5.41 Å². The van der Waals surface area contributed by atoms with Crippen LogP contribution in [0.15, 0.2) is 28.8 Å². The minimum absolute atomic E-state index is 0.134. The Morgan fingerprint density at radius 3 is 2.58 bits per heavy atom. The molecule has 2 N–H and O–H groups in total. The normalized spacial score (nSPS) is 13.3. The van der Waals surface area contributed by atoms with Gasteiger partial charge in [0.15, 0.2) is 0 Å². The lowest BCUT2D eigenvalue weighted by molar-refractivity contribution is 0.253. The first kappa shape index (κ1) is 13.5. The summed E-state index contributed by atoms with van der Waals surface area (Å²) in [5.74, 6) is 1.64. The molecule has 19 heavy (non-hydrogen) atoms. The monoisotopic (exact) mass is 261 g/mol. The van der Waals surface area contributed by atoms with E-state index < -0.39 is 0 Å². The highest BCUT2D eigenvalue weighted by Gasteiger charge is 2.28. The van der Waals surface area contributed by atoms with Gasteiger partial charge < -0.3 is 15.0 Å². The summed E-state index contributed by atoms with van der Waals surface area (Å²) in [6.45, 7) is 6.10. The van der Waals surface area contributed by atoms with Gasteiger partial charge in [0, 0.05) is 0 Å². The Morgan fingerprint density at radius 1 is 1.26 bits per heavy atom. The lowest BCUT2D eigenvalue weighted by Gasteiger charge is -2.23. The highest BCUT2D eigenvalue weighted by molar-refractivity contribution is 5.63. The molecule has 0 aliphatic carbocycles. The van der Waals surface area contributed by atoms with Gasteiger partial charge >= 0.3 is 0 Å². The molecule has 0 bridgehead atoms. The molecule has 1 aromatic heterocycles. The number of benzene rings is 1. The fourth-order valence-corrected chi connectivity index (χ4v) is 1.67. The summed E-state index contributed by atoms with van der Waals surface area (Å²) in [4.78, 5) is 4.37. The summed E-state index contributed by atoms with van der Waals surface area (Å²) in [7, 11) is 1.61. The topological polar surface area (TPSA) is 74.2 Å². The van der Waals surface area contributed by atoms with Gasteiger partial charge in [-0.3, -0.25) is 0 Å². The fourth-order valence-electron chi connectivity index (χ4n) is 1.67. The molecule has 0 aliphatic heterocycles. The van der Waals surface area contributed by atoms with Gasteiger partial charge in [-0.25, -0.2) is 0 Å². The first-order chi connectivity index (χ1) is 8.93. The molecule has 5 heteroatoms. The predicted molar refractivity (Wildman–Crippen MR) is 72.7 cm³/mol. The molecule has 0 saturated carbocycles. The average molecular weight is 261 g/mol. The van der Waals surface area contributed by atoms with E-state index in [1.54, 1.807) is 7.11 Å². The summed E-state index contributed by atoms with van der Waals surface area (Å²) >= 11 is 0. The van der Waals surface area contributed by atoms with Crippen molar-refractivity contribution < 1.29 is 9.26 Å². The molecule has 2 aromatic rings. The molecule has 0 aliphatic rings. The summed E-state index contributed by atoms with van der Waals surface area (Å²) < 4.78 is 10.5. The summed E-state index contributed by atoms with van der Waals surface area (Å²) in [6.07, 6.45) is 0. The van der Waals surface area contributed by atoms with Gasteiger partial charge in [0.25, 0.3) is 0 Å². The van der Waals surface area contributed by atoms with Crippen molar-refractivity contribution in [2.75, 3.05) is 7.11 Å². The molecule has 0 unspecified atom stereocenters. The van der Waals surface area contributed by atoms with E-state index in [-0.39, 0.29) is 11.5 Å². The third-order valence-corrected chi connectivity index (χ3v) is 2.99. The fraction of sp³-hybridized carbons (Fsp3) is 0.429. The van der Waals surface area contributed by atoms with Gasteiger partial charge in [0.2, 0.25) is 11.7 Å². The van der Waals surface area contributed by atoms with Crippen molar-refractivity contribution in [2.45, 2.75) is 26.8 Å². The van der Waals surface area contributed by atoms with E-state index in [0.29, 0.717) is 17.5 Å². The number of hydrogen-bond donors (Lipinski definition) is 1. The van der Waals surface area contributed by atoms with Gasteiger partial charge in [-0.1, -0.05) is 38.1 Å². The number of nitrogens with zero attached hydrogens (tertiary/aromatic N) is 2. The van der Waals surface area contributed by atoms with Gasteiger partial charge in [-0.15, -0.1) is 0 Å². The third-order valence-electron chi connectivity index (χ3n) is 2.99. The van der Waals surface area contributed by atoms with Crippen LogP contribution < -0.4 is 10.5 Å². The van der Waals surface area contributed by atoms with Crippen molar-refractivity contribution in [1.29, 1.82) is 0 Å². The Kier molecular flexibility index (Phi) is 3.57. The van der Waals surface area contributed by atoms with Crippen molar-refractivity contribution in [3.63, 3.8) is 0 Å². The van der Waals surface area contributed by atoms with Gasteiger partial charge in [-0.05, 0) is 17.5 Å². The van der Waals surface area contributed by atoms with Gasteiger partial charge in [0.1, 0.15) is 5.75 Å². The zero-order valence-corrected chi connectivity index (χ0v) is 11.7. The third kappa shape index (κ3) is 2.76. The summed E-state index contributed by atoms with van der Waals surface area (Å²) in [5.41, 5.74) is 6.76. The number of rotatable bonds is 3. The van der Waals surface area contributed by atoms with Crippen molar-refractivity contribution in [3.8, 4) is 17.1 Å². The van der Waals surface area contributed by atoms with Gasteiger partial charge in [0.05, 0.1) is 18.7 Å². The molecule has 0 spiro atoms. The van der Waals surface area contributed by atoms with Crippen LogP contribution in [-0.2, 0) is 0 Å². The number of para-hydroxylation sites is 1. The lowest BCUT2D eigenvalue weighted by Crippen LogP contribution is -2.26. The largest absolute Gasteiger partial charge is 0.496 e. The molecule has 1 heterocycles. The highest BCUT2D eigenvalue weighted by Crippen LogP contribution is 2.32. The Bertz CT molecular complexity index is 558. The second-order valence-corrected chi connectivity index (χ2v) is 5.50. The lowest BCUT2D eigenvalue weighted by atomic mass is 9.87. The number of aromatic nitrogens is 2. The maximum Gasteiger partial charge on any atom is 0.244 e. The van der Waals surface area contributed by atoms with E-state index in [1.807, 2.05) is 45.0 Å². The summed E-state index contributed by atoms with van der Waals surface area (Å²) in [6, 6.07) is 7.23. The Hall–Kier alpha value is -1.88. The van der Waals surface area contributed by atoms with Crippen LogP contribution in [0.3, 0.4) is 0 Å². The zero-order chi connectivity index (χ0) is 14.0.